The molecule has 0 aliphatic carbocycles. The molecule has 1 aromatic heterocycles. The van der Waals surface area contributed by atoms with E-state index in [1.165, 1.54) is 6.07 Å². The first-order chi connectivity index (χ1) is 14.3. The third-order valence-electron chi connectivity index (χ3n) is 4.93. The highest BCUT2D eigenvalue weighted by molar-refractivity contribution is 7.81. The summed E-state index contributed by atoms with van der Waals surface area (Å²) in [4.78, 5) is 0.154. The van der Waals surface area contributed by atoms with Crippen LogP contribution in [0.4, 0.5) is 10.1 Å². The van der Waals surface area contributed by atoms with Crippen molar-refractivity contribution in [3.63, 3.8) is 0 Å². The molecular weight excluding hydrogens is 399 g/mol. The molecule has 2 aromatic carbocycles. The molecule has 3 aromatic rings. The third kappa shape index (κ3) is 4.72. The molecule has 3 rings (SSSR count). The summed E-state index contributed by atoms with van der Waals surface area (Å²) >= 11 is 5.56. The molecule has 0 saturated heterocycles. The first-order valence-electron chi connectivity index (χ1n) is 9.48. The molecule has 4 nitrogen and oxygen atoms in total. The van der Waals surface area contributed by atoms with Gasteiger partial charge in [0, 0.05) is 17.3 Å². The molecule has 0 radical (unpaired) electrons. The summed E-state index contributed by atoms with van der Waals surface area (Å²) in [7, 11) is 0. The molecule has 0 spiro atoms. The lowest BCUT2D eigenvalue weighted by Crippen LogP contribution is -2.40. The fourth-order valence-corrected chi connectivity index (χ4v) is 3.29. The zero-order chi connectivity index (χ0) is 21.8. The number of aryl methyl sites for hydroxylation is 3. The van der Waals surface area contributed by atoms with Crippen LogP contribution in [0.25, 0.3) is 11.5 Å². The van der Waals surface area contributed by atoms with Gasteiger partial charge in [-0.25, -0.2) is 4.39 Å². The number of hydrogen-bond donors (Lipinski definition) is 2. The second-order valence-electron chi connectivity index (χ2n) is 7.17. The van der Waals surface area contributed by atoms with E-state index in [0.29, 0.717) is 22.4 Å². The average molecular weight is 423 g/mol. The van der Waals surface area contributed by atoms with Crippen molar-refractivity contribution in [1.82, 2.24) is 0 Å². The number of hydrogen-bond acceptors (Lipinski definition) is 3. The van der Waals surface area contributed by atoms with Crippen LogP contribution in [0, 0.1) is 26.6 Å². The molecule has 0 fully saturated rings. The Kier molecular flexibility index (Phi) is 6.59. The van der Waals surface area contributed by atoms with E-state index in [0.717, 1.165) is 11.1 Å². The Hall–Kier alpha value is -3.09. The van der Waals surface area contributed by atoms with Crippen LogP contribution in [-0.2, 0) is 6.61 Å². The summed E-state index contributed by atoms with van der Waals surface area (Å²) in [5.41, 5.74) is 4.39. The van der Waals surface area contributed by atoms with E-state index in [1.807, 2.05) is 26.0 Å². The highest BCUT2D eigenvalue weighted by Gasteiger charge is 2.20. The Labute approximate surface area is 181 Å². The van der Waals surface area contributed by atoms with Gasteiger partial charge < -0.3 is 15.5 Å². The minimum atomic E-state index is -0.361. The van der Waals surface area contributed by atoms with Gasteiger partial charge in [-0.15, -0.1) is 0 Å². The summed E-state index contributed by atoms with van der Waals surface area (Å²) in [5.74, 6) is -0.636. The van der Waals surface area contributed by atoms with E-state index in [4.69, 9.17) is 12.2 Å². The molecule has 0 bridgehead atoms. The lowest BCUT2D eigenvalue weighted by molar-refractivity contribution is -0.578. The normalized spacial score (nSPS) is 11.8. The smallest absolute Gasteiger partial charge is 0.238 e. The van der Waals surface area contributed by atoms with E-state index < -0.39 is 0 Å². The predicted molar refractivity (Wildman–Crippen MR) is 119 cm³/mol. The maximum atomic E-state index is 14.0. The summed E-state index contributed by atoms with van der Waals surface area (Å²) < 4.78 is 15.6. The van der Waals surface area contributed by atoms with Crippen LogP contribution in [0.15, 0.2) is 60.9 Å². The number of nitrogens with zero attached hydrogens (tertiary/aromatic N) is 1. The fraction of sp³-hybridized carbons (Fsp3) is 0.167. The minimum absolute atomic E-state index is 0.154. The Morgan fingerprint density at radius 2 is 1.80 bits per heavy atom. The number of anilines is 1. The van der Waals surface area contributed by atoms with Gasteiger partial charge in [-0.2, -0.15) is 4.57 Å². The van der Waals surface area contributed by atoms with Gasteiger partial charge >= 0.3 is 0 Å². The van der Waals surface area contributed by atoms with Gasteiger partial charge in [0.2, 0.25) is 5.70 Å². The maximum Gasteiger partial charge on any atom is 0.238 e. The van der Waals surface area contributed by atoms with E-state index in [1.54, 1.807) is 54.2 Å². The fourth-order valence-electron chi connectivity index (χ4n) is 2.97. The SMILES string of the molecule is Cc1ccc(C([O-])=C(C(=S)Nc2ccc(C)c(F)c2)[n+]2cccc(CO)c2)cc1C. The molecule has 0 unspecified atom stereocenters. The number of pyridine rings is 1. The highest BCUT2D eigenvalue weighted by atomic mass is 32.1. The van der Waals surface area contributed by atoms with Gasteiger partial charge in [-0.3, -0.25) is 0 Å². The largest absolute Gasteiger partial charge is 0.867 e. The summed E-state index contributed by atoms with van der Waals surface area (Å²) in [6.07, 6.45) is 3.34. The molecule has 0 saturated carbocycles. The molecule has 0 atom stereocenters. The average Bonchev–Trinajstić information content (AvgIpc) is 2.73. The van der Waals surface area contributed by atoms with Crippen molar-refractivity contribution in [1.29, 1.82) is 0 Å². The first kappa shape index (κ1) is 21.6. The molecule has 1 heterocycles. The van der Waals surface area contributed by atoms with Crippen molar-refractivity contribution in [2.75, 3.05) is 5.32 Å². The van der Waals surface area contributed by atoms with Crippen molar-refractivity contribution < 1.29 is 19.2 Å². The van der Waals surface area contributed by atoms with E-state index >= 15 is 0 Å². The molecule has 0 aliphatic heterocycles. The van der Waals surface area contributed by atoms with Crippen molar-refractivity contribution >= 4 is 34.3 Å². The van der Waals surface area contributed by atoms with Crippen molar-refractivity contribution in [2.24, 2.45) is 0 Å². The monoisotopic (exact) mass is 422 g/mol. The van der Waals surface area contributed by atoms with Crippen LogP contribution < -0.4 is 15.0 Å². The van der Waals surface area contributed by atoms with Crippen LogP contribution in [0.5, 0.6) is 0 Å². The van der Waals surface area contributed by atoms with E-state index in [-0.39, 0.29) is 28.9 Å². The van der Waals surface area contributed by atoms with Gasteiger partial charge in [0.1, 0.15) is 5.82 Å². The topological polar surface area (TPSA) is 59.2 Å². The van der Waals surface area contributed by atoms with Crippen LogP contribution >= 0.6 is 12.2 Å². The van der Waals surface area contributed by atoms with Crippen LogP contribution in [-0.4, -0.2) is 10.1 Å². The number of aliphatic hydroxyl groups is 1. The first-order valence-corrected chi connectivity index (χ1v) is 9.89. The Morgan fingerprint density at radius 3 is 2.47 bits per heavy atom. The van der Waals surface area contributed by atoms with Gasteiger partial charge in [0.25, 0.3) is 0 Å². The Bertz CT molecular complexity index is 1140. The number of aromatic nitrogens is 1. The maximum absolute atomic E-state index is 14.0. The molecule has 30 heavy (non-hydrogen) atoms. The summed E-state index contributed by atoms with van der Waals surface area (Å²) in [5, 5.41) is 25.9. The molecule has 0 amide bonds. The Balaban J connectivity index is 2.11. The summed E-state index contributed by atoms with van der Waals surface area (Å²) in [6.45, 7) is 5.42. The number of benzene rings is 2. The van der Waals surface area contributed by atoms with Crippen LogP contribution in [0.3, 0.4) is 0 Å². The second kappa shape index (κ2) is 9.15. The molecule has 0 aliphatic rings. The highest BCUT2D eigenvalue weighted by Crippen LogP contribution is 2.21. The quantitative estimate of drug-likeness (QED) is 0.285. The number of aliphatic hydroxyl groups excluding tert-OH is 1. The van der Waals surface area contributed by atoms with Crippen LogP contribution in [0.1, 0.15) is 27.8 Å². The predicted octanol–water partition coefficient (Wildman–Crippen LogP) is 3.66. The summed E-state index contributed by atoms with van der Waals surface area (Å²) in [6, 6.07) is 13.6. The number of thiocarbonyl (C=S) groups is 1. The molecule has 6 heteroatoms. The van der Waals surface area contributed by atoms with Gasteiger partial charge in [0.05, 0.1) is 6.61 Å². The van der Waals surface area contributed by atoms with Crippen molar-refractivity contribution in [3.8, 4) is 0 Å². The molecule has 154 valence electrons. The van der Waals surface area contributed by atoms with Gasteiger partial charge in [0.15, 0.2) is 17.4 Å². The molecular formula is C24H23FN2O2S. The van der Waals surface area contributed by atoms with E-state index in [2.05, 4.69) is 5.32 Å². The lowest BCUT2D eigenvalue weighted by Gasteiger charge is -2.18. The van der Waals surface area contributed by atoms with Crippen molar-refractivity contribution in [3.05, 3.63) is 94.6 Å². The standard InChI is InChI=1S/C24H23FN2O2S/c1-15-6-8-19(11-17(15)3)23(29)22(27-10-4-5-18(13-27)14-28)24(30)26-20-9-7-16(2)21(25)12-20/h4-13,28H,14H2,1-3H3,(H-,26,29,30). The van der Waals surface area contributed by atoms with E-state index in [9.17, 15) is 14.6 Å². The van der Waals surface area contributed by atoms with Gasteiger partial charge in [-0.1, -0.05) is 36.5 Å². The van der Waals surface area contributed by atoms with Crippen LogP contribution in [0.2, 0.25) is 0 Å². The number of rotatable bonds is 5. The zero-order valence-electron chi connectivity index (χ0n) is 17.1. The minimum Gasteiger partial charge on any atom is -0.867 e. The number of nitrogens with one attached hydrogen (secondary N) is 1. The van der Waals surface area contributed by atoms with Gasteiger partial charge in [-0.05, 0) is 67.0 Å². The zero-order valence-corrected chi connectivity index (χ0v) is 17.9. The Morgan fingerprint density at radius 1 is 1.07 bits per heavy atom. The number of halogens is 1. The lowest BCUT2D eigenvalue weighted by atomic mass is 10.0. The third-order valence-corrected chi connectivity index (χ3v) is 5.23. The second-order valence-corrected chi connectivity index (χ2v) is 7.58. The molecule has 2 N–H and O–H groups in total. The van der Waals surface area contributed by atoms with Crippen molar-refractivity contribution in [2.45, 2.75) is 27.4 Å².